The Morgan fingerprint density at radius 3 is 1.96 bits per heavy atom. The summed E-state index contributed by atoms with van der Waals surface area (Å²) in [5, 5.41) is 0. The molecule has 2 heterocycles. The van der Waals surface area contributed by atoms with Crippen molar-refractivity contribution >= 4 is 37.6 Å². The summed E-state index contributed by atoms with van der Waals surface area (Å²) < 4.78 is 98.0. The number of likely N-dealkylation sites (N-methyl/N-ethyl adjacent to an activating group) is 2. The minimum Gasteiger partial charge on any atom is -1.00 e. The number of phosphoric ester groups is 1. The van der Waals surface area contributed by atoms with Gasteiger partial charge in [-0.2, -0.15) is 26.3 Å². The number of carbonyl (C=O) groups is 1. The van der Waals surface area contributed by atoms with Crippen LogP contribution in [-0.2, 0) is 31.7 Å². The van der Waals surface area contributed by atoms with Crippen LogP contribution in [0.15, 0.2) is 54.7 Å². The van der Waals surface area contributed by atoms with Crippen LogP contribution in [-0.4, -0.2) is 72.2 Å². The number of halogens is 8. The van der Waals surface area contributed by atoms with Gasteiger partial charge in [-0.3, -0.25) is 4.79 Å². The third kappa shape index (κ3) is 9.87. The summed E-state index contributed by atoms with van der Waals surface area (Å²) in [5.74, 6) is -0.215. The number of nitrogens with zero attached hydrogens (tertiary/aromatic N) is 4. The van der Waals surface area contributed by atoms with Gasteiger partial charge in [-0.1, -0.05) is 24.3 Å². The molecule has 0 bridgehead atoms. The van der Waals surface area contributed by atoms with Crippen LogP contribution >= 0.6 is 20.2 Å². The average Bonchev–Trinajstić information content (AvgIpc) is 2.98. The average molecular weight is 762 g/mol. The summed E-state index contributed by atoms with van der Waals surface area (Å²) >= 11 is 0. The van der Waals surface area contributed by atoms with Crippen LogP contribution in [0.2, 0.25) is 0 Å². The lowest BCUT2D eigenvalue weighted by molar-refractivity contribution is -0.925. The van der Waals surface area contributed by atoms with E-state index < -0.39 is 48.2 Å². The summed E-state index contributed by atoms with van der Waals surface area (Å²) in [6.45, 7) is 6.10. The number of alkyl halides is 6. The fourth-order valence-electron chi connectivity index (χ4n) is 5.46. The number of phosphoric acid groups is 1. The number of pyridine rings is 1. The van der Waals surface area contributed by atoms with E-state index in [9.17, 15) is 35.7 Å². The minimum absolute atomic E-state index is 0. The highest BCUT2D eigenvalue weighted by Gasteiger charge is 2.41. The molecule has 1 amide bonds. The van der Waals surface area contributed by atoms with Gasteiger partial charge in [0.05, 0.1) is 61.7 Å². The molecular weight excluding hydrogens is 724 g/mol. The number of hydrogen-bond donors (Lipinski definition) is 2. The van der Waals surface area contributed by atoms with Crippen molar-refractivity contribution in [3.8, 4) is 11.1 Å². The monoisotopic (exact) mass is 760 g/mol. The molecule has 4 rings (SSSR count). The number of benzene rings is 2. The molecule has 0 unspecified atom stereocenters. The molecule has 272 valence electrons. The SMILES string of the molecule is Cc1ccccc1-c1cc(N2CC[N+](C)(COP(=O)(O)O)CC2)ncc1N(C)C(=O)C(C)(C)c1cc(C(F)(F)F)cc(C(F)(F)F)c1.Cl.[Cl-]. The Labute approximate surface area is 292 Å². The number of hydrogen-bond acceptors (Lipinski definition) is 5. The summed E-state index contributed by atoms with van der Waals surface area (Å²) in [7, 11) is -1.44. The summed E-state index contributed by atoms with van der Waals surface area (Å²) in [5.41, 5.74) is -2.86. The van der Waals surface area contributed by atoms with E-state index in [4.69, 9.17) is 14.3 Å². The van der Waals surface area contributed by atoms with Crippen LogP contribution in [0.5, 0.6) is 0 Å². The van der Waals surface area contributed by atoms with Crippen molar-refractivity contribution in [2.24, 2.45) is 0 Å². The molecule has 0 saturated carbocycles. The van der Waals surface area contributed by atoms with Gasteiger partial charge in [-0.25, -0.2) is 14.1 Å². The second kappa shape index (κ2) is 15.1. The molecule has 18 heteroatoms. The molecule has 0 atom stereocenters. The topological polar surface area (TPSA) is 103 Å². The summed E-state index contributed by atoms with van der Waals surface area (Å²) in [4.78, 5) is 39.9. The molecule has 2 N–H and O–H groups in total. The first-order valence-electron chi connectivity index (χ1n) is 14.4. The first-order valence-corrected chi connectivity index (χ1v) is 16.0. The van der Waals surface area contributed by atoms with E-state index in [0.29, 0.717) is 49.7 Å². The van der Waals surface area contributed by atoms with E-state index in [1.165, 1.54) is 32.0 Å². The van der Waals surface area contributed by atoms with Crippen molar-refractivity contribution in [2.45, 2.75) is 38.5 Å². The van der Waals surface area contributed by atoms with Gasteiger partial charge in [0, 0.05) is 12.6 Å². The van der Waals surface area contributed by atoms with E-state index in [1.54, 1.807) is 12.1 Å². The van der Waals surface area contributed by atoms with Gasteiger partial charge in [0.2, 0.25) is 5.91 Å². The fraction of sp³-hybridized carbons (Fsp3) is 0.419. The summed E-state index contributed by atoms with van der Waals surface area (Å²) in [6, 6.07) is 10.2. The van der Waals surface area contributed by atoms with E-state index in [1.807, 2.05) is 37.1 Å². The van der Waals surface area contributed by atoms with Crippen LogP contribution in [0, 0.1) is 6.92 Å². The first kappa shape index (κ1) is 42.3. The van der Waals surface area contributed by atoms with Crippen molar-refractivity contribution < 1.29 is 66.9 Å². The number of piperazine rings is 1. The van der Waals surface area contributed by atoms with Gasteiger partial charge in [-0.05, 0) is 61.7 Å². The standard InChI is InChI=1S/C31H35F6N4O5P.2ClH/c1-20-8-6-7-9-24(20)25-17-27(40-10-12-41(5,13-11-40)19-46-47(43,44)45)38-18-26(25)39(4)28(42)29(2,3)21-14-22(30(32,33)34)16-23(15-21)31(35,36)37;;/h6-9,14-18H,10-13,19H2,1-5H3,(H-,43,44,45);2*1H. The molecule has 0 aliphatic carbocycles. The van der Waals surface area contributed by atoms with Gasteiger partial charge < -0.3 is 36.5 Å². The van der Waals surface area contributed by atoms with Gasteiger partial charge in [-0.15, -0.1) is 12.4 Å². The molecule has 1 saturated heterocycles. The zero-order valence-electron chi connectivity index (χ0n) is 27.1. The number of rotatable bonds is 8. The Morgan fingerprint density at radius 1 is 0.959 bits per heavy atom. The normalized spacial score (nSPS) is 15.2. The Morgan fingerprint density at radius 2 is 1.47 bits per heavy atom. The lowest BCUT2D eigenvalue weighted by Crippen LogP contribution is -3.00. The van der Waals surface area contributed by atoms with Gasteiger partial charge in [0.15, 0.2) is 6.73 Å². The third-order valence-electron chi connectivity index (χ3n) is 8.49. The maximum Gasteiger partial charge on any atom is 0.474 e. The van der Waals surface area contributed by atoms with Crippen LogP contribution in [0.25, 0.3) is 11.1 Å². The maximum atomic E-state index is 14.0. The van der Waals surface area contributed by atoms with E-state index >= 15 is 0 Å². The zero-order valence-corrected chi connectivity index (χ0v) is 29.6. The quantitative estimate of drug-likeness (QED) is 0.205. The molecule has 0 spiro atoms. The second-order valence-corrected chi connectivity index (χ2v) is 13.7. The van der Waals surface area contributed by atoms with Crippen molar-refractivity contribution in [1.82, 2.24) is 4.98 Å². The molecule has 3 aromatic rings. The van der Waals surface area contributed by atoms with E-state index in [-0.39, 0.29) is 47.8 Å². The van der Waals surface area contributed by atoms with Gasteiger partial charge in [0.25, 0.3) is 0 Å². The molecule has 1 aliphatic rings. The lowest BCUT2D eigenvalue weighted by Gasteiger charge is -2.42. The van der Waals surface area contributed by atoms with E-state index in [2.05, 4.69) is 4.98 Å². The van der Waals surface area contributed by atoms with Crippen LogP contribution in [0.3, 0.4) is 0 Å². The number of anilines is 2. The molecule has 9 nitrogen and oxygen atoms in total. The number of quaternary nitrogens is 1. The highest BCUT2D eigenvalue weighted by atomic mass is 35.5. The number of carbonyl (C=O) groups excluding carboxylic acids is 1. The molecule has 1 aliphatic heterocycles. The summed E-state index contributed by atoms with van der Waals surface area (Å²) in [6.07, 6.45) is -8.70. The molecule has 1 fully saturated rings. The first-order chi connectivity index (χ1) is 21.5. The minimum atomic E-state index is -5.07. The number of amides is 1. The predicted molar refractivity (Wildman–Crippen MR) is 171 cm³/mol. The van der Waals surface area contributed by atoms with Gasteiger partial charge in [0.1, 0.15) is 5.82 Å². The Balaban J connectivity index is 0.00000417. The van der Waals surface area contributed by atoms with Gasteiger partial charge >= 0.3 is 20.2 Å². The molecule has 49 heavy (non-hydrogen) atoms. The van der Waals surface area contributed by atoms with Crippen LogP contribution < -0.4 is 22.2 Å². The smallest absolute Gasteiger partial charge is 0.474 e. The van der Waals surface area contributed by atoms with Crippen LogP contribution in [0.1, 0.15) is 36.1 Å². The molecule has 0 radical (unpaired) electrons. The van der Waals surface area contributed by atoms with Crippen molar-refractivity contribution in [3.05, 3.63) is 77.0 Å². The Kier molecular flexibility index (Phi) is 13.1. The maximum absolute atomic E-state index is 14.0. The number of aryl methyl sites for hydroxylation is 1. The lowest BCUT2D eigenvalue weighted by atomic mass is 9.81. The molecule has 1 aromatic heterocycles. The third-order valence-corrected chi connectivity index (χ3v) is 8.95. The zero-order chi connectivity index (χ0) is 35.2. The fourth-order valence-corrected chi connectivity index (χ4v) is 5.89. The van der Waals surface area contributed by atoms with Crippen molar-refractivity contribution in [3.63, 3.8) is 0 Å². The number of aromatic nitrogens is 1. The van der Waals surface area contributed by atoms with Crippen molar-refractivity contribution in [1.29, 1.82) is 0 Å². The highest BCUT2D eigenvalue weighted by Crippen LogP contribution is 2.42. The Bertz CT molecular complexity index is 1660. The predicted octanol–water partition coefficient (Wildman–Crippen LogP) is 3.79. The van der Waals surface area contributed by atoms with Crippen molar-refractivity contribution in [2.75, 3.05) is 56.8 Å². The van der Waals surface area contributed by atoms with E-state index in [0.717, 1.165) is 11.1 Å². The van der Waals surface area contributed by atoms with Crippen LogP contribution in [0.4, 0.5) is 37.8 Å². The highest BCUT2D eigenvalue weighted by molar-refractivity contribution is 7.46. The molecule has 2 aromatic carbocycles. The largest absolute Gasteiger partial charge is 1.00 e. The Hall–Kier alpha value is -2.91. The molecular formula is C31H37Cl2F6N4O5P. The second-order valence-electron chi connectivity index (χ2n) is 12.5.